The van der Waals surface area contributed by atoms with E-state index in [9.17, 15) is 4.79 Å². The molecule has 0 saturated carbocycles. The van der Waals surface area contributed by atoms with Gasteiger partial charge in [0.05, 0.1) is 10.7 Å². The monoisotopic (exact) mass is 419 g/mol. The lowest BCUT2D eigenvalue weighted by Crippen LogP contribution is -2.49. The van der Waals surface area contributed by atoms with Gasteiger partial charge in [-0.1, -0.05) is 13.8 Å². The molecule has 1 unspecified atom stereocenters. The molecule has 1 N–H and O–H groups in total. The van der Waals surface area contributed by atoms with Gasteiger partial charge in [-0.2, -0.15) is 0 Å². The molecule has 0 radical (unpaired) electrons. The van der Waals surface area contributed by atoms with Crippen molar-refractivity contribution in [2.45, 2.75) is 33.2 Å². The lowest BCUT2D eigenvalue weighted by molar-refractivity contribution is 0.0625. The highest BCUT2D eigenvalue weighted by molar-refractivity contribution is 7.13. The maximum absolute atomic E-state index is 13.2. The summed E-state index contributed by atoms with van der Waals surface area (Å²) in [6, 6.07) is -0.0405. The van der Waals surface area contributed by atoms with Crippen LogP contribution >= 0.6 is 36.2 Å². The predicted molar refractivity (Wildman–Crippen MR) is 110 cm³/mol. The number of nitrogens with one attached hydrogen (secondary N) is 1. The molecule has 1 aliphatic rings. The van der Waals surface area contributed by atoms with Gasteiger partial charge in [-0.25, -0.2) is 9.97 Å². The Hall–Kier alpha value is -1.15. The van der Waals surface area contributed by atoms with Crippen molar-refractivity contribution in [1.29, 1.82) is 0 Å². The summed E-state index contributed by atoms with van der Waals surface area (Å²) >= 11 is 1.54. The number of aryl methyl sites for hydroxylation is 2. The van der Waals surface area contributed by atoms with Crippen LogP contribution in [-0.2, 0) is 13.5 Å². The summed E-state index contributed by atoms with van der Waals surface area (Å²) in [6.45, 7) is 8.51. The molecule has 3 rings (SSSR count). The van der Waals surface area contributed by atoms with Crippen molar-refractivity contribution in [2.75, 3.05) is 19.6 Å². The number of nitrogens with zero attached hydrogens (tertiary/aromatic N) is 4. The summed E-state index contributed by atoms with van der Waals surface area (Å²) in [5.74, 6) is 1.53. The second-order valence-corrected chi connectivity index (χ2v) is 7.82. The van der Waals surface area contributed by atoms with Crippen LogP contribution in [0.1, 0.15) is 46.1 Å². The van der Waals surface area contributed by atoms with Crippen LogP contribution < -0.4 is 5.32 Å². The number of aromatic nitrogens is 3. The van der Waals surface area contributed by atoms with E-state index in [2.05, 4.69) is 29.1 Å². The standard InChI is InChI=1S/C17H25N5OS.2ClH/c1-11(2)9-14-20-12(3)15(24-14)17(23)22-8-5-18-10-13(22)16-19-6-7-21(16)4;;/h6-7,11,13,18H,5,8-10H2,1-4H3;2*1H. The third-order valence-corrected chi connectivity index (χ3v) is 5.45. The molecule has 0 spiro atoms. The minimum absolute atomic E-state index is 0. The van der Waals surface area contributed by atoms with Gasteiger partial charge in [0, 0.05) is 45.5 Å². The zero-order valence-electron chi connectivity index (χ0n) is 15.6. The largest absolute Gasteiger partial charge is 0.336 e. The Bertz CT molecular complexity index is 731. The zero-order valence-corrected chi connectivity index (χ0v) is 18.0. The lowest BCUT2D eigenvalue weighted by Gasteiger charge is -2.35. The van der Waals surface area contributed by atoms with E-state index in [0.717, 1.165) is 40.9 Å². The van der Waals surface area contributed by atoms with E-state index in [0.29, 0.717) is 12.5 Å². The summed E-state index contributed by atoms with van der Waals surface area (Å²) in [5.41, 5.74) is 0.845. The minimum Gasteiger partial charge on any atom is -0.336 e. The molecule has 2 aromatic rings. The first-order valence-electron chi connectivity index (χ1n) is 8.42. The summed E-state index contributed by atoms with van der Waals surface area (Å²) in [6.07, 6.45) is 4.62. The third kappa shape index (κ3) is 4.76. The number of halogens is 2. The van der Waals surface area contributed by atoms with Crippen molar-refractivity contribution < 1.29 is 4.79 Å². The number of carbonyl (C=O) groups is 1. The molecule has 26 heavy (non-hydrogen) atoms. The van der Waals surface area contributed by atoms with E-state index in [1.54, 1.807) is 17.5 Å². The van der Waals surface area contributed by atoms with Gasteiger partial charge in [0.15, 0.2) is 0 Å². The minimum atomic E-state index is -0.0405. The van der Waals surface area contributed by atoms with Crippen LogP contribution in [0.3, 0.4) is 0 Å². The summed E-state index contributed by atoms with van der Waals surface area (Å²) < 4.78 is 1.99. The SMILES string of the molecule is Cc1nc(CC(C)C)sc1C(=O)N1CCNCC1c1nccn1C.Cl.Cl. The average Bonchev–Trinajstić information content (AvgIpc) is 3.11. The van der Waals surface area contributed by atoms with Crippen LogP contribution in [-0.4, -0.2) is 45.0 Å². The Balaban J connectivity index is 0.00000169. The Labute approximate surface area is 171 Å². The zero-order chi connectivity index (χ0) is 17.3. The molecule has 146 valence electrons. The van der Waals surface area contributed by atoms with E-state index in [-0.39, 0.29) is 36.8 Å². The Morgan fingerprint density at radius 2 is 2.15 bits per heavy atom. The normalized spacial score (nSPS) is 17.0. The van der Waals surface area contributed by atoms with Crippen molar-refractivity contribution in [2.24, 2.45) is 13.0 Å². The van der Waals surface area contributed by atoms with Crippen molar-refractivity contribution in [3.8, 4) is 0 Å². The van der Waals surface area contributed by atoms with Gasteiger partial charge < -0.3 is 14.8 Å². The molecule has 3 heterocycles. The molecule has 0 bridgehead atoms. The van der Waals surface area contributed by atoms with Crippen molar-refractivity contribution in [3.05, 3.63) is 33.8 Å². The van der Waals surface area contributed by atoms with Crippen LogP contribution in [0, 0.1) is 12.8 Å². The summed E-state index contributed by atoms with van der Waals surface area (Å²) in [7, 11) is 1.97. The number of imidazole rings is 1. The van der Waals surface area contributed by atoms with Gasteiger partial charge in [0.25, 0.3) is 5.91 Å². The number of hydrogen-bond donors (Lipinski definition) is 1. The van der Waals surface area contributed by atoms with Crippen LogP contribution in [0.2, 0.25) is 0 Å². The number of hydrogen-bond acceptors (Lipinski definition) is 5. The van der Waals surface area contributed by atoms with Gasteiger partial charge in [-0.05, 0) is 12.8 Å². The first-order valence-corrected chi connectivity index (χ1v) is 9.24. The quantitative estimate of drug-likeness (QED) is 0.826. The van der Waals surface area contributed by atoms with E-state index < -0.39 is 0 Å². The smallest absolute Gasteiger partial charge is 0.266 e. The fourth-order valence-electron chi connectivity index (χ4n) is 3.09. The summed E-state index contributed by atoms with van der Waals surface area (Å²) in [5, 5.41) is 4.42. The number of rotatable bonds is 4. The van der Waals surface area contributed by atoms with Crippen molar-refractivity contribution in [3.63, 3.8) is 0 Å². The van der Waals surface area contributed by atoms with Gasteiger partial charge in [0.2, 0.25) is 0 Å². The number of thiazole rings is 1. The molecule has 9 heteroatoms. The maximum Gasteiger partial charge on any atom is 0.266 e. The summed E-state index contributed by atoms with van der Waals surface area (Å²) in [4.78, 5) is 24.9. The first kappa shape index (κ1) is 22.9. The second kappa shape index (κ2) is 9.69. The molecule has 0 aliphatic carbocycles. The Morgan fingerprint density at radius 3 is 2.77 bits per heavy atom. The van der Waals surface area contributed by atoms with Crippen LogP contribution in [0.5, 0.6) is 0 Å². The van der Waals surface area contributed by atoms with E-state index in [1.807, 2.05) is 29.6 Å². The third-order valence-electron chi connectivity index (χ3n) is 4.28. The fourth-order valence-corrected chi connectivity index (χ4v) is 4.33. The van der Waals surface area contributed by atoms with Crippen LogP contribution in [0.15, 0.2) is 12.4 Å². The van der Waals surface area contributed by atoms with Gasteiger partial charge in [-0.15, -0.1) is 36.2 Å². The van der Waals surface area contributed by atoms with Gasteiger partial charge in [-0.3, -0.25) is 4.79 Å². The highest BCUT2D eigenvalue weighted by Gasteiger charge is 2.32. The molecule has 1 fully saturated rings. The molecule has 1 saturated heterocycles. The second-order valence-electron chi connectivity index (χ2n) is 6.73. The van der Waals surface area contributed by atoms with Crippen LogP contribution in [0.4, 0.5) is 0 Å². The molecule has 6 nitrogen and oxygen atoms in total. The highest BCUT2D eigenvalue weighted by Crippen LogP contribution is 2.27. The fraction of sp³-hybridized carbons (Fsp3) is 0.588. The molecule has 2 aromatic heterocycles. The Morgan fingerprint density at radius 1 is 1.42 bits per heavy atom. The number of amides is 1. The van der Waals surface area contributed by atoms with Crippen LogP contribution in [0.25, 0.3) is 0 Å². The topological polar surface area (TPSA) is 63.1 Å². The first-order chi connectivity index (χ1) is 11.5. The van der Waals surface area contributed by atoms with Crippen molar-refractivity contribution in [1.82, 2.24) is 24.8 Å². The predicted octanol–water partition coefficient (Wildman–Crippen LogP) is 3.01. The average molecular weight is 420 g/mol. The molecule has 1 atom stereocenters. The molecule has 1 aliphatic heterocycles. The number of piperazine rings is 1. The highest BCUT2D eigenvalue weighted by atomic mass is 35.5. The molecular formula is C17H27Cl2N5OS. The van der Waals surface area contributed by atoms with E-state index in [1.165, 1.54) is 0 Å². The molecule has 0 aromatic carbocycles. The van der Waals surface area contributed by atoms with E-state index >= 15 is 0 Å². The van der Waals surface area contributed by atoms with Crippen molar-refractivity contribution >= 4 is 42.1 Å². The molecular weight excluding hydrogens is 393 g/mol. The van der Waals surface area contributed by atoms with E-state index in [4.69, 9.17) is 0 Å². The number of carbonyl (C=O) groups excluding carboxylic acids is 1. The lowest BCUT2D eigenvalue weighted by atomic mass is 10.1. The van der Waals surface area contributed by atoms with Gasteiger partial charge >= 0.3 is 0 Å². The maximum atomic E-state index is 13.2. The van der Waals surface area contributed by atoms with Gasteiger partial charge in [0.1, 0.15) is 16.7 Å². The Kier molecular flexibility index (Phi) is 8.53. The molecule has 1 amide bonds.